The number of benzene rings is 3. The molecule has 0 radical (unpaired) electrons. The molecule has 0 aromatic heterocycles. The van der Waals surface area contributed by atoms with E-state index in [9.17, 15) is 23.1 Å². The van der Waals surface area contributed by atoms with Gasteiger partial charge in [-0.2, -0.15) is 8.42 Å². The molecule has 1 aliphatic rings. The van der Waals surface area contributed by atoms with Gasteiger partial charge in [0.25, 0.3) is 5.78 Å². The third kappa shape index (κ3) is 2.61. The quantitative estimate of drug-likeness (QED) is 0.404. The van der Waals surface area contributed by atoms with Crippen molar-refractivity contribution < 1.29 is 31.8 Å². The number of fused-ring (bicyclic) bond motifs is 3. The number of Topliss-reactive ketones (excluding diaryl/α,β-unsaturated/α-hetero) is 2. The van der Waals surface area contributed by atoms with E-state index >= 15 is 0 Å². The molecular weight excluding hydrogens is 360 g/mol. The van der Waals surface area contributed by atoms with Crippen molar-refractivity contribution >= 4 is 49.6 Å². The molecule has 26 heavy (non-hydrogen) atoms. The van der Waals surface area contributed by atoms with Crippen molar-refractivity contribution in [1.29, 1.82) is 0 Å². The number of ketones is 2. The lowest BCUT2D eigenvalue weighted by atomic mass is 9.90. The van der Waals surface area contributed by atoms with Crippen molar-refractivity contribution in [3.8, 4) is 5.75 Å². The summed E-state index contributed by atoms with van der Waals surface area (Å²) in [6, 6.07) is 11.2. The molecule has 0 amide bonds. The first-order chi connectivity index (χ1) is 12.2. The molecule has 3 aromatic carbocycles. The van der Waals surface area contributed by atoms with Crippen LogP contribution in [-0.4, -0.2) is 29.6 Å². The molecule has 0 atom stereocenters. The highest BCUT2D eigenvalue weighted by atomic mass is 32.3. The van der Waals surface area contributed by atoms with Crippen LogP contribution in [0.25, 0.3) is 27.6 Å². The Morgan fingerprint density at radius 3 is 2.35 bits per heavy atom. The highest BCUT2D eigenvalue weighted by molar-refractivity contribution is 7.81. The van der Waals surface area contributed by atoms with Crippen molar-refractivity contribution in [1.82, 2.24) is 0 Å². The number of hydrogen-bond acceptors (Lipinski definition) is 6. The number of allylic oxidation sites excluding steroid dienone is 1. The van der Waals surface area contributed by atoms with Gasteiger partial charge in [-0.15, -0.1) is 0 Å². The molecule has 0 bridgehead atoms. The van der Waals surface area contributed by atoms with E-state index in [0.29, 0.717) is 27.1 Å². The Balaban J connectivity index is 2.01. The molecule has 2 N–H and O–H groups in total. The number of carbonyl (C=O) groups excluding carboxylic acids is 2. The molecule has 0 saturated carbocycles. The van der Waals surface area contributed by atoms with Crippen LogP contribution in [0.15, 0.2) is 48.2 Å². The van der Waals surface area contributed by atoms with Crippen LogP contribution < -0.4 is 4.18 Å². The molecule has 0 spiro atoms. The van der Waals surface area contributed by atoms with Crippen molar-refractivity contribution in [3.05, 3.63) is 59.4 Å². The Hall–Kier alpha value is -3.23. The fourth-order valence-corrected chi connectivity index (χ4v) is 3.39. The second-order valence-electron chi connectivity index (χ2n) is 5.81. The van der Waals surface area contributed by atoms with Crippen LogP contribution in [0.5, 0.6) is 5.75 Å². The van der Waals surface area contributed by atoms with E-state index in [2.05, 4.69) is 4.18 Å². The van der Waals surface area contributed by atoms with E-state index in [0.717, 1.165) is 0 Å². The van der Waals surface area contributed by atoms with Gasteiger partial charge in [0.05, 0.1) is 0 Å². The van der Waals surface area contributed by atoms with E-state index in [-0.39, 0.29) is 11.3 Å². The fourth-order valence-electron chi connectivity index (χ4n) is 3.02. The number of aliphatic hydroxyl groups is 1. The van der Waals surface area contributed by atoms with Gasteiger partial charge in [-0.25, -0.2) is 0 Å². The van der Waals surface area contributed by atoms with Crippen LogP contribution in [-0.2, 0) is 15.2 Å². The van der Waals surface area contributed by atoms with Gasteiger partial charge in [-0.05, 0) is 58.1 Å². The Morgan fingerprint density at radius 2 is 1.62 bits per heavy atom. The maximum Gasteiger partial charge on any atom is 0.446 e. The normalized spacial score (nSPS) is 14.4. The monoisotopic (exact) mass is 370 g/mol. The van der Waals surface area contributed by atoms with E-state index in [1.165, 1.54) is 18.2 Å². The van der Waals surface area contributed by atoms with Gasteiger partial charge in [0.15, 0.2) is 11.5 Å². The van der Waals surface area contributed by atoms with Gasteiger partial charge >= 0.3 is 10.4 Å². The summed E-state index contributed by atoms with van der Waals surface area (Å²) in [6.07, 6.45) is 1.24. The van der Waals surface area contributed by atoms with E-state index in [1.807, 2.05) is 0 Å². The van der Waals surface area contributed by atoms with Gasteiger partial charge < -0.3 is 9.29 Å². The lowest BCUT2D eigenvalue weighted by Gasteiger charge is -2.13. The molecule has 8 heteroatoms. The molecule has 7 nitrogen and oxygen atoms in total. The van der Waals surface area contributed by atoms with Gasteiger partial charge in [-0.3, -0.25) is 14.1 Å². The standard InChI is InChI=1S/C18H10O7S/c19-15-8-12-5-10-4-9-2-1-3-16(25-26(22,23)24)13(9)6-11(10)7-14(12)17(20)18(15)21/h1-8,19H,(H,22,23,24). The summed E-state index contributed by atoms with van der Waals surface area (Å²) in [5.74, 6) is -2.46. The summed E-state index contributed by atoms with van der Waals surface area (Å²) in [5, 5.41) is 11.9. The van der Waals surface area contributed by atoms with Crippen molar-refractivity contribution in [3.63, 3.8) is 0 Å². The highest BCUT2D eigenvalue weighted by Gasteiger charge is 2.27. The van der Waals surface area contributed by atoms with E-state index in [4.69, 9.17) is 4.55 Å². The van der Waals surface area contributed by atoms with Crippen molar-refractivity contribution in [2.45, 2.75) is 0 Å². The summed E-state index contributed by atoms with van der Waals surface area (Å²) in [6.45, 7) is 0. The average Bonchev–Trinajstić information content (AvgIpc) is 2.56. The third-order valence-corrected chi connectivity index (χ3v) is 4.53. The third-order valence-electron chi connectivity index (χ3n) is 4.14. The first-order valence-electron chi connectivity index (χ1n) is 7.40. The maximum atomic E-state index is 12.1. The van der Waals surface area contributed by atoms with Crippen LogP contribution in [0, 0.1) is 0 Å². The van der Waals surface area contributed by atoms with Gasteiger partial charge in [0.1, 0.15) is 0 Å². The Kier molecular flexibility index (Phi) is 3.36. The number of hydrogen-bond donors (Lipinski definition) is 2. The minimum absolute atomic E-state index is 0.0652. The fraction of sp³-hybridized carbons (Fsp3) is 0. The Labute approximate surface area is 147 Å². The summed E-state index contributed by atoms with van der Waals surface area (Å²) in [4.78, 5) is 23.8. The van der Waals surface area contributed by atoms with Crippen molar-refractivity contribution in [2.75, 3.05) is 0 Å². The number of rotatable bonds is 2. The number of aliphatic hydroxyl groups excluding tert-OH is 1. The summed E-state index contributed by atoms with van der Waals surface area (Å²) in [5.41, 5.74) is 0.567. The zero-order valence-electron chi connectivity index (χ0n) is 13.0. The topological polar surface area (TPSA) is 118 Å². The predicted molar refractivity (Wildman–Crippen MR) is 93.6 cm³/mol. The molecule has 0 heterocycles. The minimum Gasteiger partial charge on any atom is -0.504 e. The molecule has 0 unspecified atom stereocenters. The second kappa shape index (κ2) is 5.38. The second-order valence-corrected chi connectivity index (χ2v) is 6.84. The first-order valence-corrected chi connectivity index (χ1v) is 8.76. The minimum atomic E-state index is -4.69. The molecule has 4 rings (SSSR count). The Bertz CT molecular complexity index is 1270. The highest BCUT2D eigenvalue weighted by Crippen LogP contribution is 2.33. The van der Waals surface area contributed by atoms with Gasteiger partial charge in [0, 0.05) is 10.9 Å². The molecule has 0 aliphatic heterocycles. The zero-order valence-corrected chi connectivity index (χ0v) is 13.8. The predicted octanol–water partition coefficient (Wildman–Crippen LogP) is 2.84. The van der Waals surface area contributed by atoms with Crippen LogP contribution >= 0.6 is 0 Å². The van der Waals surface area contributed by atoms with Gasteiger partial charge in [0.2, 0.25) is 5.78 Å². The lowest BCUT2D eigenvalue weighted by molar-refractivity contribution is -0.114. The smallest absolute Gasteiger partial charge is 0.446 e. The molecule has 0 fully saturated rings. The largest absolute Gasteiger partial charge is 0.504 e. The Morgan fingerprint density at radius 1 is 0.885 bits per heavy atom. The summed E-state index contributed by atoms with van der Waals surface area (Å²) in [7, 11) is -4.69. The van der Waals surface area contributed by atoms with E-state index < -0.39 is 27.7 Å². The average molecular weight is 370 g/mol. The summed E-state index contributed by atoms with van der Waals surface area (Å²) >= 11 is 0. The van der Waals surface area contributed by atoms with Crippen molar-refractivity contribution in [2.24, 2.45) is 0 Å². The van der Waals surface area contributed by atoms with Crippen LogP contribution in [0.1, 0.15) is 15.9 Å². The van der Waals surface area contributed by atoms with Crippen LogP contribution in [0.3, 0.4) is 0 Å². The van der Waals surface area contributed by atoms with Gasteiger partial charge in [-0.1, -0.05) is 12.1 Å². The maximum absolute atomic E-state index is 12.1. The first kappa shape index (κ1) is 16.2. The van der Waals surface area contributed by atoms with Crippen LogP contribution in [0.2, 0.25) is 0 Å². The van der Waals surface area contributed by atoms with Crippen LogP contribution in [0.4, 0.5) is 0 Å². The number of carbonyl (C=O) groups is 2. The molecule has 3 aromatic rings. The molecule has 130 valence electrons. The zero-order chi connectivity index (χ0) is 18.6. The summed E-state index contributed by atoms with van der Waals surface area (Å²) < 4.78 is 35.6. The molecular formula is C18H10O7S. The van der Waals surface area contributed by atoms with E-state index in [1.54, 1.807) is 30.3 Å². The SMILES string of the molecule is O=C1C(=O)c2cc3cc4c(OS(=O)(=O)O)cccc4cc3cc2C=C1O. The molecule has 1 aliphatic carbocycles. The lowest BCUT2D eigenvalue weighted by Crippen LogP contribution is -2.21. The molecule has 0 saturated heterocycles.